The van der Waals surface area contributed by atoms with Crippen molar-refractivity contribution in [1.82, 2.24) is 10.1 Å². The third-order valence-electron chi connectivity index (χ3n) is 3.81. The largest absolute Gasteiger partial charge is 0.334 e. The number of nitrogens with zero attached hydrogens (tertiary/aromatic N) is 2. The molecular formula is C19H18N4O3. The molecule has 0 radical (unpaired) electrons. The highest BCUT2D eigenvalue weighted by Crippen LogP contribution is 2.24. The number of rotatable bonds is 4. The summed E-state index contributed by atoms with van der Waals surface area (Å²) in [7, 11) is 0. The van der Waals surface area contributed by atoms with Gasteiger partial charge in [0.15, 0.2) is 5.82 Å². The van der Waals surface area contributed by atoms with E-state index in [1.54, 1.807) is 49.4 Å². The van der Waals surface area contributed by atoms with Crippen molar-refractivity contribution < 1.29 is 14.1 Å². The van der Waals surface area contributed by atoms with E-state index in [9.17, 15) is 9.59 Å². The van der Waals surface area contributed by atoms with Crippen LogP contribution >= 0.6 is 0 Å². The molecule has 26 heavy (non-hydrogen) atoms. The first-order valence-corrected chi connectivity index (χ1v) is 8.03. The second-order valence-corrected chi connectivity index (χ2v) is 5.84. The molecule has 7 heteroatoms. The molecule has 3 aromatic rings. The number of carbonyl (C=O) groups excluding carboxylic acids is 2. The van der Waals surface area contributed by atoms with E-state index >= 15 is 0 Å². The van der Waals surface area contributed by atoms with Crippen LogP contribution in [0.1, 0.15) is 28.7 Å². The van der Waals surface area contributed by atoms with E-state index < -0.39 is 0 Å². The molecule has 0 bridgehead atoms. The van der Waals surface area contributed by atoms with Crippen LogP contribution in [-0.4, -0.2) is 22.0 Å². The lowest BCUT2D eigenvalue weighted by Crippen LogP contribution is -2.14. The quantitative estimate of drug-likeness (QED) is 0.750. The van der Waals surface area contributed by atoms with Gasteiger partial charge in [0.05, 0.1) is 0 Å². The summed E-state index contributed by atoms with van der Waals surface area (Å²) >= 11 is 0. The van der Waals surface area contributed by atoms with Crippen LogP contribution in [0.4, 0.5) is 11.4 Å². The van der Waals surface area contributed by atoms with Gasteiger partial charge in [-0.1, -0.05) is 11.2 Å². The number of nitrogens with one attached hydrogen (secondary N) is 2. The molecule has 2 N–H and O–H groups in total. The third kappa shape index (κ3) is 3.77. The van der Waals surface area contributed by atoms with E-state index in [1.807, 2.05) is 6.92 Å². The van der Waals surface area contributed by atoms with Crippen LogP contribution in [0.5, 0.6) is 0 Å². The number of amides is 2. The Labute approximate surface area is 150 Å². The highest BCUT2D eigenvalue weighted by Gasteiger charge is 2.12. The maximum absolute atomic E-state index is 12.5. The van der Waals surface area contributed by atoms with Crippen molar-refractivity contribution in [2.24, 2.45) is 0 Å². The zero-order valence-corrected chi connectivity index (χ0v) is 14.7. The summed E-state index contributed by atoms with van der Waals surface area (Å²) in [6.07, 6.45) is 0. The lowest BCUT2D eigenvalue weighted by atomic mass is 10.1. The first kappa shape index (κ1) is 17.3. The standard InChI is InChI=1S/C19H18N4O3/c1-11-16(21-13(3)24)5-4-6-17(11)22-18(25)14-7-9-15(10-8-14)19-20-12(2)23-26-19/h4-10H,1-3H3,(H,21,24)(H,22,25). The minimum atomic E-state index is -0.249. The number of carbonyl (C=O) groups is 2. The van der Waals surface area contributed by atoms with Crippen LogP contribution < -0.4 is 10.6 Å². The van der Waals surface area contributed by atoms with E-state index in [1.165, 1.54) is 6.92 Å². The average Bonchev–Trinajstić information content (AvgIpc) is 3.04. The maximum atomic E-state index is 12.5. The van der Waals surface area contributed by atoms with Crippen LogP contribution in [0.3, 0.4) is 0 Å². The van der Waals surface area contributed by atoms with Gasteiger partial charge in [0, 0.05) is 29.4 Å². The van der Waals surface area contributed by atoms with Crippen molar-refractivity contribution in [3.63, 3.8) is 0 Å². The lowest BCUT2D eigenvalue weighted by Gasteiger charge is -2.12. The van der Waals surface area contributed by atoms with E-state index in [0.29, 0.717) is 28.7 Å². The Morgan fingerprint density at radius 2 is 1.62 bits per heavy atom. The van der Waals surface area contributed by atoms with E-state index in [-0.39, 0.29) is 11.8 Å². The molecule has 2 amide bonds. The molecule has 0 saturated carbocycles. The van der Waals surface area contributed by atoms with Gasteiger partial charge in [0.25, 0.3) is 11.8 Å². The van der Waals surface area contributed by atoms with Crippen molar-refractivity contribution >= 4 is 23.2 Å². The van der Waals surface area contributed by atoms with E-state index in [4.69, 9.17) is 4.52 Å². The molecule has 0 aliphatic heterocycles. The monoisotopic (exact) mass is 350 g/mol. The first-order valence-electron chi connectivity index (χ1n) is 8.03. The summed E-state index contributed by atoms with van der Waals surface area (Å²) in [6, 6.07) is 12.2. The molecule has 0 atom stereocenters. The van der Waals surface area contributed by atoms with Crippen molar-refractivity contribution in [3.05, 3.63) is 59.4 Å². The zero-order chi connectivity index (χ0) is 18.7. The number of aromatic nitrogens is 2. The van der Waals surface area contributed by atoms with Gasteiger partial charge in [-0.3, -0.25) is 9.59 Å². The molecule has 0 aliphatic rings. The van der Waals surface area contributed by atoms with Gasteiger partial charge in [0.2, 0.25) is 5.91 Å². The molecule has 3 rings (SSSR count). The van der Waals surface area contributed by atoms with E-state index in [0.717, 1.165) is 11.1 Å². The Morgan fingerprint density at radius 1 is 0.962 bits per heavy atom. The van der Waals surface area contributed by atoms with Crippen molar-refractivity contribution in [3.8, 4) is 11.5 Å². The first-order chi connectivity index (χ1) is 12.4. The fourth-order valence-electron chi connectivity index (χ4n) is 2.47. The molecule has 0 fully saturated rings. The number of aryl methyl sites for hydroxylation is 1. The Morgan fingerprint density at radius 3 is 2.19 bits per heavy atom. The van der Waals surface area contributed by atoms with Crippen LogP contribution in [-0.2, 0) is 4.79 Å². The molecule has 0 spiro atoms. The maximum Gasteiger partial charge on any atom is 0.257 e. The lowest BCUT2D eigenvalue weighted by molar-refractivity contribution is -0.114. The molecule has 0 saturated heterocycles. The molecule has 0 aliphatic carbocycles. The number of anilines is 2. The van der Waals surface area contributed by atoms with Crippen molar-refractivity contribution in [1.29, 1.82) is 0 Å². The highest BCUT2D eigenvalue weighted by atomic mass is 16.5. The molecule has 1 aromatic heterocycles. The molecular weight excluding hydrogens is 332 g/mol. The van der Waals surface area contributed by atoms with Crippen molar-refractivity contribution in [2.45, 2.75) is 20.8 Å². The number of benzene rings is 2. The SMILES string of the molecule is CC(=O)Nc1cccc(NC(=O)c2ccc(-c3nc(C)no3)cc2)c1C. The summed E-state index contributed by atoms with van der Waals surface area (Å²) in [5.74, 6) is 0.550. The van der Waals surface area contributed by atoms with Gasteiger partial charge in [-0.05, 0) is 55.8 Å². The third-order valence-corrected chi connectivity index (χ3v) is 3.81. The topological polar surface area (TPSA) is 97.1 Å². The normalized spacial score (nSPS) is 10.4. The van der Waals surface area contributed by atoms with Gasteiger partial charge in [-0.15, -0.1) is 0 Å². The van der Waals surface area contributed by atoms with Gasteiger partial charge >= 0.3 is 0 Å². The second-order valence-electron chi connectivity index (χ2n) is 5.84. The molecule has 0 unspecified atom stereocenters. The van der Waals surface area contributed by atoms with Gasteiger partial charge < -0.3 is 15.2 Å². The molecule has 7 nitrogen and oxygen atoms in total. The molecule has 132 valence electrons. The molecule has 1 heterocycles. The number of hydrogen-bond donors (Lipinski definition) is 2. The zero-order valence-electron chi connectivity index (χ0n) is 14.7. The summed E-state index contributed by atoms with van der Waals surface area (Å²) in [4.78, 5) is 27.9. The van der Waals surface area contributed by atoms with Crippen LogP contribution in [0.25, 0.3) is 11.5 Å². The average molecular weight is 350 g/mol. The van der Waals surface area contributed by atoms with Gasteiger partial charge in [-0.2, -0.15) is 4.98 Å². The predicted molar refractivity (Wildman–Crippen MR) is 97.9 cm³/mol. The van der Waals surface area contributed by atoms with Crippen LogP contribution in [0.2, 0.25) is 0 Å². The number of hydrogen-bond acceptors (Lipinski definition) is 5. The Balaban J connectivity index is 1.77. The Bertz CT molecular complexity index is 961. The highest BCUT2D eigenvalue weighted by molar-refractivity contribution is 6.05. The second kappa shape index (κ2) is 7.18. The summed E-state index contributed by atoms with van der Waals surface area (Å²) < 4.78 is 5.11. The van der Waals surface area contributed by atoms with Crippen LogP contribution in [0.15, 0.2) is 47.0 Å². The predicted octanol–water partition coefficient (Wildman–Crippen LogP) is 3.56. The Hall–Kier alpha value is -3.48. The van der Waals surface area contributed by atoms with E-state index in [2.05, 4.69) is 20.8 Å². The summed E-state index contributed by atoms with van der Waals surface area (Å²) in [5, 5.41) is 9.35. The fourth-order valence-corrected chi connectivity index (χ4v) is 2.47. The summed E-state index contributed by atoms with van der Waals surface area (Å²) in [5.41, 5.74) is 3.32. The fraction of sp³-hybridized carbons (Fsp3) is 0.158. The van der Waals surface area contributed by atoms with Gasteiger partial charge in [-0.25, -0.2) is 0 Å². The summed E-state index contributed by atoms with van der Waals surface area (Å²) in [6.45, 7) is 5.02. The van der Waals surface area contributed by atoms with Gasteiger partial charge in [0.1, 0.15) is 0 Å². The minimum absolute atomic E-state index is 0.163. The van der Waals surface area contributed by atoms with Crippen molar-refractivity contribution in [2.75, 3.05) is 10.6 Å². The van der Waals surface area contributed by atoms with Crippen LogP contribution in [0, 0.1) is 13.8 Å². The molecule has 2 aromatic carbocycles. The Kier molecular flexibility index (Phi) is 4.79. The minimum Gasteiger partial charge on any atom is -0.334 e. The smallest absolute Gasteiger partial charge is 0.257 e.